The van der Waals surface area contributed by atoms with Crippen LogP contribution >= 0.6 is 0 Å². The molecule has 2 aromatic carbocycles. The molecule has 0 saturated carbocycles. The van der Waals surface area contributed by atoms with Crippen molar-refractivity contribution in [1.82, 2.24) is 0 Å². The molecular formula is C18H20N2O8S. The van der Waals surface area contributed by atoms with E-state index in [4.69, 9.17) is 24.7 Å². The number of esters is 1. The van der Waals surface area contributed by atoms with E-state index >= 15 is 0 Å². The van der Waals surface area contributed by atoms with Crippen LogP contribution in [0.1, 0.15) is 10.4 Å². The zero-order valence-corrected chi connectivity index (χ0v) is 16.7. The van der Waals surface area contributed by atoms with Crippen molar-refractivity contribution in [2.45, 2.75) is 4.90 Å². The fourth-order valence-corrected chi connectivity index (χ4v) is 3.39. The van der Waals surface area contributed by atoms with Crippen molar-refractivity contribution in [3.05, 3.63) is 42.0 Å². The number of primary amides is 1. The SMILES string of the molecule is COC(=O)c1cc(OC)c(OC)cc1NS(=O)(=O)c1ccc(OCC(N)=O)cc1. The van der Waals surface area contributed by atoms with Crippen LogP contribution in [-0.2, 0) is 19.6 Å². The molecule has 29 heavy (non-hydrogen) atoms. The highest BCUT2D eigenvalue weighted by molar-refractivity contribution is 7.92. The Labute approximate surface area is 167 Å². The summed E-state index contributed by atoms with van der Waals surface area (Å²) in [6.07, 6.45) is 0. The van der Waals surface area contributed by atoms with Crippen molar-refractivity contribution in [2.24, 2.45) is 5.73 Å². The predicted octanol–water partition coefficient (Wildman–Crippen LogP) is 1.16. The van der Waals surface area contributed by atoms with Crippen LogP contribution in [0.15, 0.2) is 41.3 Å². The van der Waals surface area contributed by atoms with Crippen molar-refractivity contribution >= 4 is 27.6 Å². The monoisotopic (exact) mass is 424 g/mol. The summed E-state index contributed by atoms with van der Waals surface area (Å²) in [7, 11) is -0.149. The van der Waals surface area contributed by atoms with Gasteiger partial charge in [-0.1, -0.05) is 0 Å². The van der Waals surface area contributed by atoms with Crippen molar-refractivity contribution in [1.29, 1.82) is 0 Å². The quantitative estimate of drug-likeness (QED) is 0.571. The van der Waals surface area contributed by atoms with Gasteiger partial charge in [-0.2, -0.15) is 0 Å². The van der Waals surface area contributed by atoms with Gasteiger partial charge in [0.2, 0.25) is 0 Å². The van der Waals surface area contributed by atoms with Gasteiger partial charge in [0.25, 0.3) is 15.9 Å². The summed E-state index contributed by atoms with van der Waals surface area (Å²) in [5.74, 6) is -0.713. The first-order chi connectivity index (χ1) is 13.7. The number of ether oxygens (including phenoxy) is 4. The molecule has 0 fully saturated rings. The summed E-state index contributed by atoms with van der Waals surface area (Å²) in [5.41, 5.74) is 4.88. The Morgan fingerprint density at radius 2 is 1.59 bits per heavy atom. The Bertz CT molecular complexity index is 1000. The molecule has 11 heteroatoms. The van der Waals surface area contributed by atoms with Crippen LogP contribution < -0.4 is 24.7 Å². The molecule has 3 N–H and O–H groups in total. The minimum atomic E-state index is -4.07. The number of nitrogens with two attached hydrogens (primary N) is 1. The highest BCUT2D eigenvalue weighted by atomic mass is 32.2. The van der Waals surface area contributed by atoms with E-state index in [9.17, 15) is 18.0 Å². The Morgan fingerprint density at radius 1 is 1.00 bits per heavy atom. The summed E-state index contributed by atoms with van der Waals surface area (Å²) in [6, 6.07) is 7.91. The maximum Gasteiger partial charge on any atom is 0.340 e. The Kier molecular flexibility index (Phi) is 6.89. The van der Waals surface area contributed by atoms with Gasteiger partial charge in [-0.15, -0.1) is 0 Å². The first-order valence-electron chi connectivity index (χ1n) is 8.10. The number of nitrogens with one attached hydrogen (secondary N) is 1. The molecule has 0 radical (unpaired) electrons. The van der Waals surface area contributed by atoms with E-state index in [1.807, 2.05) is 0 Å². The molecule has 2 rings (SSSR count). The minimum absolute atomic E-state index is 0.0523. The minimum Gasteiger partial charge on any atom is -0.493 e. The highest BCUT2D eigenvalue weighted by Gasteiger charge is 2.22. The molecule has 0 heterocycles. The second kappa shape index (κ2) is 9.15. The van der Waals surface area contributed by atoms with Gasteiger partial charge in [0.15, 0.2) is 18.1 Å². The largest absolute Gasteiger partial charge is 0.493 e. The third-order valence-corrected chi connectivity index (χ3v) is 5.07. The standard InChI is InChI=1S/C18H20N2O8S/c1-25-15-8-13(18(22)27-3)14(9-16(15)26-2)20-29(23,24)12-6-4-11(5-7-12)28-10-17(19)21/h4-9,20H,10H2,1-3H3,(H2,19,21). The number of methoxy groups -OCH3 is 3. The van der Waals surface area contributed by atoms with Crippen LogP contribution in [0.25, 0.3) is 0 Å². The summed E-state index contributed by atoms with van der Waals surface area (Å²) in [4.78, 5) is 22.7. The first-order valence-corrected chi connectivity index (χ1v) is 9.58. The predicted molar refractivity (Wildman–Crippen MR) is 103 cm³/mol. The number of amides is 1. The number of rotatable bonds is 9. The zero-order valence-electron chi connectivity index (χ0n) is 15.9. The van der Waals surface area contributed by atoms with Crippen molar-refractivity contribution in [3.8, 4) is 17.2 Å². The molecule has 1 amide bonds. The fraction of sp³-hybridized carbons (Fsp3) is 0.222. The molecule has 0 unspecified atom stereocenters. The number of anilines is 1. The molecule has 0 spiro atoms. The van der Waals surface area contributed by atoms with Gasteiger partial charge < -0.3 is 24.7 Å². The number of carbonyl (C=O) groups excluding carboxylic acids is 2. The summed E-state index contributed by atoms with van der Waals surface area (Å²) in [5, 5.41) is 0. The topological polar surface area (TPSA) is 143 Å². The Hall–Kier alpha value is -3.47. The average molecular weight is 424 g/mol. The lowest BCUT2D eigenvalue weighted by Gasteiger charge is -2.15. The van der Waals surface area contributed by atoms with Crippen LogP contribution in [0.3, 0.4) is 0 Å². The van der Waals surface area contributed by atoms with Gasteiger partial charge in [-0.25, -0.2) is 13.2 Å². The van der Waals surface area contributed by atoms with E-state index in [0.717, 1.165) is 0 Å². The lowest BCUT2D eigenvalue weighted by atomic mass is 10.1. The first kappa shape index (κ1) is 21.8. The normalized spacial score (nSPS) is 10.7. The van der Waals surface area contributed by atoms with Gasteiger partial charge in [0.1, 0.15) is 5.75 Å². The van der Waals surface area contributed by atoms with E-state index in [2.05, 4.69) is 4.72 Å². The number of carbonyl (C=O) groups is 2. The van der Waals surface area contributed by atoms with Crippen molar-refractivity contribution in [2.75, 3.05) is 32.7 Å². The molecule has 0 aromatic heterocycles. The second-order valence-electron chi connectivity index (χ2n) is 5.58. The van der Waals surface area contributed by atoms with Crippen LogP contribution in [0.4, 0.5) is 5.69 Å². The summed E-state index contributed by atoms with van der Waals surface area (Å²) < 4.78 is 47.9. The van der Waals surface area contributed by atoms with Gasteiger partial charge >= 0.3 is 5.97 Å². The molecule has 156 valence electrons. The lowest BCUT2D eigenvalue weighted by Crippen LogP contribution is -2.20. The Balaban J connectivity index is 2.38. The van der Waals surface area contributed by atoms with Crippen LogP contribution in [0, 0.1) is 0 Å². The average Bonchev–Trinajstić information content (AvgIpc) is 2.71. The van der Waals surface area contributed by atoms with E-state index < -0.39 is 21.9 Å². The third-order valence-electron chi connectivity index (χ3n) is 3.69. The fourth-order valence-electron chi connectivity index (χ4n) is 2.32. The second-order valence-corrected chi connectivity index (χ2v) is 7.26. The number of hydrogen-bond donors (Lipinski definition) is 2. The highest BCUT2D eigenvalue weighted by Crippen LogP contribution is 2.34. The van der Waals surface area contributed by atoms with Crippen LogP contribution in [0.2, 0.25) is 0 Å². The van der Waals surface area contributed by atoms with Gasteiger partial charge in [0.05, 0.1) is 37.5 Å². The number of benzene rings is 2. The smallest absolute Gasteiger partial charge is 0.340 e. The molecule has 2 aromatic rings. The zero-order chi connectivity index (χ0) is 21.6. The summed E-state index contributed by atoms with van der Waals surface area (Å²) in [6.45, 7) is -0.335. The molecule has 0 saturated heterocycles. The van der Waals surface area contributed by atoms with E-state index in [1.165, 1.54) is 57.7 Å². The molecular weight excluding hydrogens is 404 g/mol. The van der Waals surface area contributed by atoms with Crippen molar-refractivity contribution in [3.63, 3.8) is 0 Å². The lowest BCUT2D eigenvalue weighted by molar-refractivity contribution is -0.119. The van der Waals surface area contributed by atoms with Crippen LogP contribution in [-0.4, -0.2) is 48.2 Å². The van der Waals surface area contributed by atoms with E-state index in [1.54, 1.807) is 0 Å². The molecule has 10 nitrogen and oxygen atoms in total. The van der Waals surface area contributed by atoms with Crippen LogP contribution in [0.5, 0.6) is 17.2 Å². The molecule has 0 aliphatic rings. The number of sulfonamides is 1. The molecule has 0 aliphatic heterocycles. The number of hydrogen-bond acceptors (Lipinski definition) is 8. The van der Waals surface area contributed by atoms with Gasteiger partial charge in [-0.05, 0) is 24.3 Å². The maximum absolute atomic E-state index is 12.7. The van der Waals surface area contributed by atoms with E-state index in [0.29, 0.717) is 0 Å². The summed E-state index contributed by atoms with van der Waals surface area (Å²) >= 11 is 0. The molecule has 0 atom stereocenters. The maximum atomic E-state index is 12.7. The molecule has 0 aliphatic carbocycles. The molecule has 0 bridgehead atoms. The third kappa shape index (κ3) is 5.29. The van der Waals surface area contributed by atoms with Crippen molar-refractivity contribution < 1.29 is 37.0 Å². The van der Waals surface area contributed by atoms with Gasteiger partial charge in [0, 0.05) is 12.1 Å². The van der Waals surface area contributed by atoms with E-state index in [-0.39, 0.29) is 40.0 Å². The Morgan fingerprint density at radius 3 is 2.10 bits per heavy atom. The van der Waals surface area contributed by atoms with Gasteiger partial charge in [-0.3, -0.25) is 9.52 Å².